The van der Waals surface area contributed by atoms with Crippen molar-refractivity contribution in [1.82, 2.24) is 4.90 Å². The molecule has 0 spiro atoms. The highest BCUT2D eigenvalue weighted by molar-refractivity contribution is 8.00. The summed E-state index contributed by atoms with van der Waals surface area (Å²) >= 11 is 1.24. The predicted molar refractivity (Wildman–Crippen MR) is 81.8 cm³/mol. The Morgan fingerprint density at radius 2 is 2.14 bits per heavy atom. The van der Waals surface area contributed by atoms with Crippen LogP contribution in [0.1, 0.15) is 13.3 Å². The summed E-state index contributed by atoms with van der Waals surface area (Å²) in [7, 11) is -1.40. The number of hydrogen-bond donors (Lipinski definition) is 1. The molecule has 1 saturated heterocycles. The highest BCUT2D eigenvalue weighted by Gasteiger charge is 2.32. The Kier molecular flexibility index (Phi) is 6.95. The first-order chi connectivity index (χ1) is 9.76. The minimum Gasteiger partial charge on any atom is -0.465 e. The van der Waals surface area contributed by atoms with Crippen LogP contribution in [0, 0.1) is 0 Å². The van der Waals surface area contributed by atoms with Crippen LogP contribution in [0.15, 0.2) is 0 Å². The third kappa shape index (κ3) is 5.84. The molecular formula is C12H22N2O5S2. The highest BCUT2D eigenvalue weighted by atomic mass is 32.2. The number of nitrogens with zero attached hydrogens (tertiary/aromatic N) is 1. The summed E-state index contributed by atoms with van der Waals surface area (Å²) in [6.45, 7) is 1.97. The molecule has 2 atom stereocenters. The van der Waals surface area contributed by atoms with Gasteiger partial charge in [-0.05, 0) is 13.3 Å². The van der Waals surface area contributed by atoms with Crippen molar-refractivity contribution in [3.63, 3.8) is 0 Å². The van der Waals surface area contributed by atoms with Crippen molar-refractivity contribution in [1.29, 1.82) is 0 Å². The number of carbonyl (C=O) groups is 2. The van der Waals surface area contributed by atoms with E-state index in [4.69, 9.17) is 10.5 Å². The van der Waals surface area contributed by atoms with Crippen LogP contribution in [0.5, 0.6) is 0 Å². The van der Waals surface area contributed by atoms with Crippen molar-refractivity contribution in [3.8, 4) is 0 Å². The molecule has 7 nitrogen and oxygen atoms in total. The van der Waals surface area contributed by atoms with Gasteiger partial charge in [-0.15, -0.1) is 11.8 Å². The van der Waals surface area contributed by atoms with Crippen LogP contribution in [0.3, 0.4) is 0 Å². The van der Waals surface area contributed by atoms with E-state index < -0.39 is 21.8 Å². The van der Waals surface area contributed by atoms with Gasteiger partial charge in [0.2, 0.25) is 5.91 Å². The Morgan fingerprint density at radius 3 is 2.67 bits per heavy atom. The molecule has 0 aromatic carbocycles. The van der Waals surface area contributed by atoms with Gasteiger partial charge in [0.15, 0.2) is 9.84 Å². The van der Waals surface area contributed by atoms with Crippen molar-refractivity contribution in [2.45, 2.75) is 25.4 Å². The van der Waals surface area contributed by atoms with Crippen molar-refractivity contribution in [2.24, 2.45) is 5.73 Å². The largest absolute Gasteiger partial charge is 0.465 e. The number of rotatable bonds is 7. The van der Waals surface area contributed by atoms with E-state index in [0.29, 0.717) is 12.2 Å². The number of nitrogens with two attached hydrogens (primary N) is 1. The zero-order valence-electron chi connectivity index (χ0n) is 12.3. The Balaban J connectivity index is 2.32. The zero-order chi connectivity index (χ0) is 16.0. The molecule has 0 aromatic rings. The van der Waals surface area contributed by atoms with Crippen LogP contribution in [-0.2, 0) is 24.2 Å². The second-order valence-electron chi connectivity index (χ2n) is 4.94. The molecule has 2 unspecified atom stereocenters. The average molecular weight is 338 g/mol. The van der Waals surface area contributed by atoms with Crippen molar-refractivity contribution < 1.29 is 22.7 Å². The second kappa shape index (κ2) is 8.00. The van der Waals surface area contributed by atoms with Crippen LogP contribution in [-0.4, -0.2) is 73.9 Å². The monoisotopic (exact) mass is 338 g/mol. The summed E-state index contributed by atoms with van der Waals surface area (Å²) in [5, 5.41) is 0. The maximum atomic E-state index is 12.0. The van der Waals surface area contributed by atoms with Gasteiger partial charge in [0, 0.05) is 18.8 Å². The van der Waals surface area contributed by atoms with Crippen LogP contribution in [0.25, 0.3) is 0 Å². The number of hydrogen-bond acceptors (Lipinski definition) is 7. The maximum Gasteiger partial charge on any atom is 0.323 e. The molecule has 0 radical (unpaired) electrons. The molecule has 1 aliphatic heterocycles. The quantitative estimate of drug-likeness (QED) is 0.609. The third-order valence-electron chi connectivity index (χ3n) is 3.26. The number of sulfone groups is 1. The summed E-state index contributed by atoms with van der Waals surface area (Å²) in [6.07, 6.45) is 0.484. The van der Waals surface area contributed by atoms with E-state index in [1.54, 1.807) is 14.0 Å². The van der Waals surface area contributed by atoms with Gasteiger partial charge in [-0.1, -0.05) is 0 Å². The van der Waals surface area contributed by atoms with Crippen LogP contribution in [0.2, 0.25) is 0 Å². The number of thioether (sulfide) groups is 1. The van der Waals surface area contributed by atoms with E-state index in [9.17, 15) is 18.0 Å². The van der Waals surface area contributed by atoms with Crippen LogP contribution in [0.4, 0.5) is 0 Å². The number of esters is 1. The molecule has 1 fully saturated rings. The van der Waals surface area contributed by atoms with Gasteiger partial charge in [-0.2, -0.15) is 0 Å². The minimum absolute atomic E-state index is 0.0300. The third-order valence-corrected chi connectivity index (χ3v) is 6.06. The molecule has 122 valence electrons. The van der Waals surface area contributed by atoms with E-state index in [1.807, 2.05) is 0 Å². The molecule has 21 heavy (non-hydrogen) atoms. The molecule has 0 bridgehead atoms. The van der Waals surface area contributed by atoms with E-state index in [0.717, 1.165) is 0 Å². The van der Waals surface area contributed by atoms with Gasteiger partial charge in [0.1, 0.15) is 6.04 Å². The molecule has 1 aliphatic rings. The van der Waals surface area contributed by atoms with Crippen molar-refractivity contribution in [2.75, 3.05) is 36.7 Å². The summed E-state index contributed by atoms with van der Waals surface area (Å²) in [5.41, 5.74) is 5.62. The lowest BCUT2D eigenvalue weighted by atomic mass is 10.2. The number of carbonyl (C=O) groups excluding carboxylic acids is 2. The van der Waals surface area contributed by atoms with Gasteiger partial charge in [0.25, 0.3) is 0 Å². The van der Waals surface area contributed by atoms with Gasteiger partial charge >= 0.3 is 5.97 Å². The molecule has 1 rings (SSSR count). The molecule has 0 saturated carbocycles. The Labute approximate surface area is 129 Å². The van der Waals surface area contributed by atoms with E-state index in [-0.39, 0.29) is 35.8 Å². The lowest BCUT2D eigenvalue weighted by molar-refractivity contribution is -0.144. The number of ether oxygens (including phenoxy) is 1. The smallest absolute Gasteiger partial charge is 0.323 e. The number of amides is 1. The zero-order valence-corrected chi connectivity index (χ0v) is 13.9. The second-order valence-corrected chi connectivity index (χ2v) is 8.19. The lowest BCUT2D eigenvalue weighted by Crippen LogP contribution is -2.39. The molecule has 1 amide bonds. The first-order valence-corrected chi connectivity index (χ1v) is 9.70. The van der Waals surface area contributed by atoms with Gasteiger partial charge in [0.05, 0.1) is 23.9 Å². The molecule has 9 heteroatoms. The van der Waals surface area contributed by atoms with Gasteiger partial charge in [-0.25, -0.2) is 8.42 Å². The highest BCUT2D eigenvalue weighted by Crippen LogP contribution is 2.17. The summed E-state index contributed by atoms with van der Waals surface area (Å²) in [4.78, 5) is 24.8. The van der Waals surface area contributed by atoms with Crippen LogP contribution < -0.4 is 5.73 Å². The van der Waals surface area contributed by atoms with Crippen LogP contribution >= 0.6 is 11.8 Å². The lowest BCUT2D eigenvalue weighted by Gasteiger charge is -2.23. The minimum atomic E-state index is -3.01. The molecule has 1 heterocycles. The summed E-state index contributed by atoms with van der Waals surface area (Å²) in [6, 6.07) is -0.998. The first-order valence-electron chi connectivity index (χ1n) is 6.73. The molecule has 2 N–H and O–H groups in total. The molecule has 0 aliphatic carbocycles. The summed E-state index contributed by atoms with van der Waals surface area (Å²) in [5.74, 6) is -0.00853. The standard InChI is InChI=1S/C12H22N2O5S2/c1-3-19-12(16)10(13)6-20-7-11(15)14(2)9-4-5-21(17,18)8-9/h9-10H,3-8,13H2,1-2H3. The van der Waals surface area contributed by atoms with E-state index in [1.165, 1.54) is 16.7 Å². The maximum absolute atomic E-state index is 12.0. The fourth-order valence-corrected chi connectivity index (χ4v) is 4.64. The van der Waals surface area contributed by atoms with Gasteiger partial charge in [-0.3, -0.25) is 9.59 Å². The van der Waals surface area contributed by atoms with Crippen molar-refractivity contribution >= 4 is 33.5 Å². The predicted octanol–water partition coefficient (Wildman–Crippen LogP) is -0.744. The van der Waals surface area contributed by atoms with Gasteiger partial charge < -0.3 is 15.4 Å². The SMILES string of the molecule is CCOC(=O)C(N)CSCC(=O)N(C)C1CCS(=O)(=O)C1. The van der Waals surface area contributed by atoms with E-state index >= 15 is 0 Å². The molecular weight excluding hydrogens is 316 g/mol. The first kappa shape index (κ1) is 18.2. The van der Waals surface area contributed by atoms with Crippen molar-refractivity contribution in [3.05, 3.63) is 0 Å². The summed E-state index contributed by atoms with van der Waals surface area (Å²) < 4.78 is 27.6. The normalized spacial score (nSPS) is 21.8. The average Bonchev–Trinajstić information content (AvgIpc) is 2.78. The Bertz CT molecular complexity index is 480. The fraction of sp³-hybridized carbons (Fsp3) is 0.833. The fourth-order valence-electron chi connectivity index (χ4n) is 1.98. The Hall–Kier alpha value is -0.800. The van der Waals surface area contributed by atoms with E-state index in [2.05, 4.69) is 0 Å². The topological polar surface area (TPSA) is 107 Å². The molecule has 0 aromatic heterocycles. The Morgan fingerprint density at radius 1 is 1.48 bits per heavy atom.